The van der Waals surface area contributed by atoms with Crippen LogP contribution in [-0.2, 0) is 9.59 Å². The van der Waals surface area contributed by atoms with Crippen molar-refractivity contribution in [3.8, 4) is 0 Å². The molecule has 7 heteroatoms. The molecule has 0 radical (unpaired) electrons. The fraction of sp³-hybridized carbons (Fsp3) is 0.471. The van der Waals surface area contributed by atoms with E-state index in [2.05, 4.69) is 16.0 Å². The maximum absolute atomic E-state index is 12.3. The molecule has 128 valence electrons. The Labute approximate surface area is 140 Å². The van der Waals surface area contributed by atoms with E-state index in [0.717, 1.165) is 12.0 Å². The molecule has 4 amide bonds. The zero-order valence-electron chi connectivity index (χ0n) is 13.6. The molecule has 3 rings (SSSR count). The van der Waals surface area contributed by atoms with E-state index in [-0.39, 0.29) is 36.5 Å². The molecule has 2 aliphatic rings. The van der Waals surface area contributed by atoms with Gasteiger partial charge in [0.1, 0.15) is 6.04 Å². The Bertz CT molecular complexity index is 610. The predicted octanol–water partition coefficient (Wildman–Crippen LogP) is 0.536. The summed E-state index contributed by atoms with van der Waals surface area (Å²) in [6, 6.07) is 8.76. The van der Waals surface area contributed by atoms with Crippen LogP contribution in [0, 0.1) is 0 Å². The molecule has 0 aliphatic carbocycles. The van der Waals surface area contributed by atoms with E-state index in [1.807, 2.05) is 37.3 Å². The number of amides is 4. The van der Waals surface area contributed by atoms with Crippen molar-refractivity contribution in [2.24, 2.45) is 0 Å². The van der Waals surface area contributed by atoms with Gasteiger partial charge >= 0.3 is 6.03 Å². The molecular formula is C17H22N4O3. The number of carbonyl (C=O) groups excluding carboxylic acids is 3. The van der Waals surface area contributed by atoms with Crippen molar-refractivity contribution in [1.82, 2.24) is 20.9 Å². The number of rotatable bonds is 4. The van der Waals surface area contributed by atoms with Gasteiger partial charge in [-0.25, -0.2) is 4.79 Å². The highest BCUT2D eigenvalue weighted by Crippen LogP contribution is 2.21. The van der Waals surface area contributed by atoms with E-state index in [4.69, 9.17) is 0 Å². The van der Waals surface area contributed by atoms with Crippen LogP contribution in [0.1, 0.15) is 31.4 Å². The lowest BCUT2D eigenvalue weighted by molar-refractivity contribution is -0.143. The van der Waals surface area contributed by atoms with Crippen molar-refractivity contribution >= 4 is 17.8 Å². The lowest BCUT2D eigenvalue weighted by Gasteiger charge is -2.28. The van der Waals surface area contributed by atoms with Gasteiger partial charge in [-0.2, -0.15) is 0 Å². The second-order valence-corrected chi connectivity index (χ2v) is 6.20. The van der Waals surface area contributed by atoms with Crippen molar-refractivity contribution < 1.29 is 14.4 Å². The average molecular weight is 330 g/mol. The minimum atomic E-state index is -0.465. The second kappa shape index (κ2) is 6.90. The number of urea groups is 1. The molecule has 2 fully saturated rings. The normalized spacial score (nSPS) is 24.1. The minimum Gasteiger partial charge on any atom is -0.345 e. The standard InChI is InChI=1S/C17H22N4O3/c1-2-13(11-6-4-3-5-7-11)20-17(24)19-12-8-14-16(23)18-9-15(22)21(14)10-12/h3-7,12-14H,2,8-10H2,1H3,(H,18,23)(H2,19,20,24)/t12-,13+,14-/m0/s1. The fourth-order valence-electron chi connectivity index (χ4n) is 3.34. The third kappa shape index (κ3) is 3.34. The summed E-state index contributed by atoms with van der Waals surface area (Å²) in [6.07, 6.45) is 1.23. The Morgan fingerprint density at radius 3 is 2.75 bits per heavy atom. The van der Waals surface area contributed by atoms with Crippen LogP contribution in [0.15, 0.2) is 30.3 Å². The van der Waals surface area contributed by atoms with Gasteiger partial charge in [0.2, 0.25) is 11.8 Å². The van der Waals surface area contributed by atoms with E-state index < -0.39 is 6.04 Å². The average Bonchev–Trinajstić information content (AvgIpc) is 3.02. The van der Waals surface area contributed by atoms with Crippen molar-refractivity contribution in [3.05, 3.63) is 35.9 Å². The smallest absolute Gasteiger partial charge is 0.315 e. The Kier molecular flexibility index (Phi) is 4.69. The van der Waals surface area contributed by atoms with Crippen LogP contribution in [-0.4, -0.2) is 47.9 Å². The van der Waals surface area contributed by atoms with Crippen LogP contribution in [0.5, 0.6) is 0 Å². The van der Waals surface area contributed by atoms with Gasteiger partial charge < -0.3 is 20.9 Å². The molecule has 1 aromatic carbocycles. The maximum Gasteiger partial charge on any atom is 0.315 e. The molecule has 0 spiro atoms. The first kappa shape index (κ1) is 16.3. The summed E-state index contributed by atoms with van der Waals surface area (Å²) in [5.74, 6) is -0.241. The second-order valence-electron chi connectivity index (χ2n) is 6.20. The first-order chi connectivity index (χ1) is 11.6. The number of carbonyl (C=O) groups is 3. The lowest BCUT2D eigenvalue weighted by atomic mass is 10.1. The van der Waals surface area contributed by atoms with Crippen molar-refractivity contribution in [3.63, 3.8) is 0 Å². The predicted molar refractivity (Wildman–Crippen MR) is 88.1 cm³/mol. The number of piperazine rings is 1. The van der Waals surface area contributed by atoms with Gasteiger partial charge in [-0.1, -0.05) is 37.3 Å². The molecule has 1 aromatic rings. The monoisotopic (exact) mass is 330 g/mol. The third-order valence-corrected chi connectivity index (χ3v) is 4.59. The molecule has 2 heterocycles. The van der Waals surface area contributed by atoms with E-state index >= 15 is 0 Å². The summed E-state index contributed by atoms with van der Waals surface area (Å²) >= 11 is 0. The van der Waals surface area contributed by atoms with Crippen molar-refractivity contribution in [2.75, 3.05) is 13.1 Å². The summed E-state index contributed by atoms with van der Waals surface area (Å²) in [5, 5.41) is 8.43. The summed E-state index contributed by atoms with van der Waals surface area (Å²) in [4.78, 5) is 37.5. The molecule has 2 aliphatic heterocycles. The van der Waals surface area contributed by atoms with E-state index in [0.29, 0.717) is 13.0 Å². The minimum absolute atomic E-state index is 0.0418. The highest BCUT2D eigenvalue weighted by atomic mass is 16.2. The summed E-state index contributed by atoms with van der Waals surface area (Å²) in [6.45, 7) is 2.43. The highest BCUT2D eigenvalue weighted by molar-refractivity contribution is 5.95. The zero-order chi connectivity index (χ0) is 17.1. The van der Waals surface area contributed by atoms with Gasteiger partial charge in [0.15, 0.2) is 0 Å². The lowest BCUT2D eigenvalue weighted by Crippen LogP contribution is -2.55. The Balaban J connectivity index is 1.57. The Morgan fingerprint density at radius 2 is 2.08 bits per heavy atom. The van der Waals surface area contributed by atoms with Crippen LogP contribution < -0.4 is 16.0 Å². The first-order valence-corrected chi connectivity index (χ1v) is 8.27. The maximum atomic E-state index is 12.3. The highest BCUT2D eigenvalue weighted by Gasteiger charge is 2.42. The van der Waals surface area contributed by atoms with Gasteiger partial charge in [0.05, 0.1) is 18.6 Å². The molecule has 3 atom stereocenters. The SMILES string of the molecule is CC[C@@H](NC(=O)N[C@H]1C[C@H]2C(=O)NCC(=O)N2C1)c1ccccc1. The van der Waals surface area contributed by atoms with Crippen LogP contribution in [0.3, 0.4) is 0 Å². The molecule has 24 heavy (non-hydrogen) atoms. The molecule has 0 unspecified atom stereocenters. The number of hydrogen-bond donors (Lipinski definition) is 3. The summed E-state index contributed by atoms with van der Waals surface area (Å²) in [5.41, 5.74) is 1.05. The van der Waals surface area contributed by atoms with E-state index in [9.17, 15) is 14.4 Å². The number of nitrogens with one attached hydrogen (secondary N) is 3. The molecule has 7 nitrogen and oxygen atoms in total. The third-order valence-electron chi connectivity index (χ3n) is 4.59. The van der Waals surface area contributed by atoms with Gasteiger partial charge in [0.25, 0.3) is 0 Å². The molecule has 3 N–H and O–H groups in total. The molecule has 0 aromatic heterocycles. The molecular weight excluding hydrogens is 308 g/mol. The Morgan fingerprint density at radius 1 is 1.33 bits per heavy atom. The van der Waals surface area contributed by atoms with Crippen molar-refractivity contribution in [2.45, 2.75) is 37.9 Å². The molecule has 2 saturated heterocycles. The van der Waals surface area contributed by atoms with Gasteiger partial charge in [0, 0.05) is 6.54 Å². The van der Waals surface area contributed by atoms with Crippen LogP contribution in [0.2, 0.25) is 0 Å². The summed E-state index contributed by atoms with van der Waals surface area (Å²) in [7, 11) is 0. The molecule has 0 saturated carbocycles. The fourth-order valence-corrected chi connectivity index (χ4v) is 3.34. The van der Waals surface area contributed by atoms with Gasteiger partial charge in [-0.3, -0.25) is 9.59 Å². The van der Waals surface area contributed by atoms with Gasteiger partial charge in [-0.05, 0) is 18.4 Å². The van der Waals surface area contributed by atoms with E-state index in [1.54, 1.807) is 4.90 Å². The van der Waals surface area contributed by atoms with Gasteiger partial charge in [-0.15, -0.1) is 0 Å². The van der Waals surface area contributed by atoms with Crippen LogP contribution in [0.25, 0.3) is 0 Å². The Hall–Kier alpha value is -2.57. The van der Waals surface area contributed by atoms with Crippen LogP contribution >= 0.6 is 0 Å². The summed E-state index contributed by atoms with van der Waals surface area (Å²) < 4.78 is 0. The zero-order valence-corrected chi connectivity index (χ0v) is 13.6. The number of fused-ring (bicyclic) bond motifs is 1. The van der Waals surface area contributed by atoms with Crippen LogP contribution in [0.4, 0.5) is 4.79 Å². The number of hydrogen-bond acceptors (Lipinski definition) is 3. The number of nitrogens with zero attached hydrogens (tertiary/aromatic N) is 1. The largest absolute Gasteiger partial charge is 0.345 e. The molecule has 0 bridgehead atoms. The van der Waals surface area contributed by atoms with E-state index in [1.165, 1.54) is 0 Å². The first-order valence-electron chi connectivity index (χ1n) is 8.27. The quantitative estimate of drug-likeness (QED) is 0.752. The number of benzene rings is 1. The van der Waals surface area contributed by atoms with Crippen molar-refractivity contribution in [1.29, 1.82) is 0 Å². The topological polar surface area (TPSA) is 90.5 Å².